The molecule has 1 fully saturated rings. The van der Waals surface area contributed by atoms with E-state index in [-0.39, 0.29) is 29.3 Å². The number of hydrogen-bond donors (Lipinski definition) is 0. The number of ether oxygens (including phenoxy) is 3. The molecule has 0 bridgehead atoms. The third kappa shape index (κ3) is 5.44. The van der Waals surface area contributed by atoms with Gasteiger partial charge in [-0.3, -0.25) is 0 Å². The lowest BCUT2D eigenvalue weighted by Crippen LogP contribution is -2.45. The molecule has 0 amide bonds. The second-order valence-electron chi connectivity index (χ2n) is 10.4. The van der Waals surface area contributed by atoms with Crippen LogP contribution in [0, 0.1) is 5.92 Å². The van der Waals surface area contributed by atoms with Gasteiger partial charge >= 0.3 is 0 Å². The molecule has 4 atom stereocenters. The van der Waals surface area contributed by atoms with Gasteiger partial charge in [-0.05, 0) is 43.6 Å². The predicted molar refractivity (Wildman–Crippen MR) is 125 cm³/mol. The molecule has 30 heavy (non-hydrogen) atoms. The van der Waals surface area contributed by atoms with Gasteiger partial charge < -0.3 is 18.6 Å². The lowest BCUT2D eigenvalue weighted by Gasteiger charge is -2.42. The molecule has 1 aromatic carbocycles. The standard InChI is InChI=1S/C25H38O4Si/c1-18-20(15-14-19-12-10-9-11-13-19)27-22(23-17-26-25(5,6)28-23)16-21(18)29-30(7,8)24(2,3)4/h9-16,18,20,22-23H,17H2,1-8H3/b15-14+/t18?,20?,22?,23-/m1/s1. The van der Waals surface area contributed by atoms with Gasteiger partial charge in [-0.15, -0.1) is 0 Å². The van der Waals surface area contributed by atoms with E-state index in [0.29, 0.717) is 6.61 Å². The average molecular weight is 431 g/mol. The van der Waals surface area contributed by atoms with E-state index in [0.717, 1.165) is 11.3 Å². The van der Waals surface area contributed by atoms with Crippen molar-refractivity contribution in [3.63, 3.8) is 0 Å². The summed E-state index contributed by atoms with van der Waals surface area (Å²) in [6, 6.07) is 10.3. The molecule has 1 aromatic rings. The second-order valence-corrected chi connectivity index (χ2v) is 15.1. The molecule has 1 saturated heterocycles. The first-order valence-electron chi connectivity index (χ1n) is 11.0. The summed E-state index contributed by atoms with van der Waals surface area (Å²) in [5.74, 6) is 0.570. The average Bonchev–Trinajstić information content (AvgIpc) is 3.02. The fourth-order valence-electron chi connectivity index (χ4n) is 3.44. The molecule has 2 aliphatic rings. The summed E-state index contributed by atoms with van der Waals surface area (Å²) in [7, 11) is -1.97. The van der Waals surface area contributed by atoms with E-state index in [4.69, 9.17) is 18.6 Å². The molecule has 0 N–H and O–H groups in total. The Bertz CT molecular complexity index is 776. The molecule has 4 nitrogen and oxygen atoms in total. The van der Waals surface area contributed by atoms with Crippen LogP contribution in [0.4, 0.5) is 0 Å². The maximum Gasteiger partial charge on any atom is 0.250 e. The van der Waals surface area contributed by atoms with Crippen LogP contribution in [-0.4, -0.2) is 39.0 Å². The van der Waals surface area contributed by atoms with E-state index >= 15 is 0 Å². The van der Waals surface area contributed by atoms with Crippen LogP contribution in [0.2, 0.25) is 18.1 Å². The predicted octanol–water partition coefficient (Wildman–Crippen LogP) is 6.16. The lowest BCUT2D eigenvalue weighted by atomic mass is 9.95. The Morgan fingerprint density at radius 2 is 1.80 bits per heavy atom. The minimum atomic E-state index is -1.97. The van der Waals surface area contributed by atoms with Crippen LogP contribution in [0.3, 0.4) is 0 Å². The molecule has 0 spiro atoms. The van der Waals surface area contributed by atoms with Crippen LogP contribution in [0.25, 0.3) is 6.08 Å². The van der Waals surface area contributed by atoms with E-state index in [1.54, 1.807) is 0 Å². The van der Waals surface area contributed by atoms with Gasteiger partial charge in [0.1, 0.15) is 12.2 Å². The molecular formula is C25H38O4Si. The van der Waals surface area contributed by atoms with Gasteiger partial charge in [0.25, 0.3) is 0 Å². The van der Waals surface area contributed by atoms with Crippen molar-refractivity contribution in [2.75, 3.05) is 6.61 Å². The van der Waals surface area contributed by atoms with Gasteiger partial charge in [0.2, 0.25) is 8.32 Å². The maximum absolute atomic E-state index is 6.77. The van der Waals surface area contributed by atoms with Crippen molar-refractivity contribution in [2.45, 2.75) is 83.8 Å². The Morgan fingerprint density at radius 3 is 2.37 bits per heavy atom. The first-order valence-corrected chi connectivity index (χ1v) is 13.9. The second kappa shape index (κ2) is 8.62. The van der Waals surface area contributed by atoms with Gasteiger partial charge in [-0.25, -0.2) is 0 Å². The molecule has 0 saturated carbocycles. The highest BCUT2D eigenvalue weighted by atomic mass is 28.4. The topological polar surface area (TPSA) is 36.9 Å². The molecular weight excluding hydrogens is 392 g/mol. The van der Waals surface area contributed by atoms with Gasteiger partial charge in [0, 0.05) is 5.92 Å². The summed E-state index contributed by atoms with van der Waals surface area (Å²) >= 11 is 0. The normalized spacial score (nSPS) is 29.8. The zero-order valence-corrected chi connectivity index (χ0v) is 20.8. The van der Waals surface area contributed by atoms with Crippen molar-refractivity contribution < 1.29 is 18.6 Å². The maximum atomic E-state index is 6.77. The summed E-state index contributed by atoms with van der Waals surface area (Å²) in [6.45, 7) is 18.0. The van der Waals surface area contributed by atoms with Crippen molar-refractivity contribution >= 4 is 14.4 Å². The lowest BCUT2D eigenvalue weighted by molar-refractivity contribution is -0.158. The van der Waals surface area contributed by atoms with Crippen LogP contribution in [-0.2, 0) is 18.6 Å². The highest BCUT2D eigenvalue weighted by molar-refractivity contribution is 6.74. The van der Waals surface area contributed by atoms with Gasteiger partial charge in [0.15, 0.2) is 5.79 Å². The highest BCUT2D eigenvalue weighted by Crippen LogP contribution is 2.41. The van der Waals surface area contributed by atoms with Gasteiger partial charge in [-0.2, -0.15) is 0 Å². The summed E-state index contributed by atoms with van der Waals surface area (Å²) in [5.41, 5.74) is 1.16. The molecule has 5 heteroatoms. The number of benzene rings is 1. The van der Waals surface area contributed by atoms with Crippen LogP contribution in [0.1, 0.15) is 47.1 Å². The zero-order chi connectivity index (χ0) is 22.2. The third-order valence-electron chi connectivity index (χ3n) is 6.44. The van der Waals surface area contributed by atoms with Crippen LogP contribution in [0.5, 0.6) is 0 Å². The van der Waals surface area contributed by atoms with Crippen molar-refractivity contribution in [1.82, 2.24) is 0 Å². The van der Waals surface area contributed by atoms with E-state index in [2.05, 4.69) is 71.1 Å². The van der Waals surface area contributed by atoms with Crippen molar-refractivity contribution in [1.29, 1.82) is 0 Å². The Morgan fingerprint density at radius 1 is 1.13 bits per heavy atom. The number of hydrogen-bond acceptors (Lipinski definition) is 4. The summed E-state index contributed by atoms with van der Waals surface area (Å²) in [4.78, 5) is 0. The molecule has 3 unspecified atom stereocenters. The van der Waals surface area contributed by atoms with E-state index in [1.807, 2.05) is 32.0 Å². The summed E-state index contributed by atoms with van der Waals surface area (Å²) < 4.78 is 25.2. The Kier molecular flexibility index (Phi) is 6.68. The summed E-state index contributed by atoms with van der Waals surface area (Å²) in [5, 5.41) is 0.131. The third-order valence-corrected chi connectivity index (χ3v) is 10.8. The van der Waals surface area contributed by atoms with E-state index in [1.165, 1.54) is 0 Å². The quantitative estimate of drug-likeness (QED) is 0.524. The molecule has 0 radical (unpaired) electrons. The zero-order valence-electron chi connectivity index (χ0n) is 19.8. The molecule has 0 aliphatic carbocycles. The van der Waals surface area contributed by atoms with Crippen molar-refractivity contribution in [3.05, 3.63) is 53.8 Å². The molecule has 0 aromatic heterocycles. The molecule has 2 heterocycles. The molecule has 166 valence electrons. The first-order chi connectivity index (χ1) is 13.9. The summed E-state index contributed by atoms with van der Waals surface area (Å²) in [6.07, 6.45) is 5.98. The SMILES string of the molecule is CC1C(O[Si](C)(C)C(C)(C)C)=CC([C@H]2COC(C)(C)O2)OC1/C=C/c1ccccc1. The minimum absolute atomic E-state index is 0.0905. The Hall–Kier alpha value is -1.40. The first kappa shape index (κ1) is 23.3. The minimum Gasteiger partial charge on any atom is -0.546 e. The van der Waals surface area contributed by atoms with E-state index in [9.17, 15) is 0 Å². The Labute approximate surface area is 183 Å². The van der Waals surface area contributed by atoms with Crippen LogP contribution >= 0.6 is 0 Å². The smallest absolute Gasteiger partial charge is 0.250 e. The monoisotopic (exact) mass is 430 g/mol. The van der Waals surface area contributed by atoms with Gasteiger partial charge in [-0.1, -0.05) is 70.2 Å². The van der Waals surface area contributed by atoms with Gasteiger partial charge in [0.05, 0.1) is 18.5 Å². The highest BCUT2D eigenvalue weighted by Gasteiger charge is 2.44. The largest absolute Gasteiger partial charge is 0.546 e. The Balaban J connectivity index is 1.87. The van der Waals surface area contributed by atoms with Crippen molar-refractivity contribution in [2.24, 2.45) is 5.92 Å². The fraction of sp³-hybridized carbons (Fsp3) is 0.600. The van der Waals surface area contributed by atoms with E-state index < -0.39 is 14.1 Å². The molecule has 3 rings (SSSR count). The van der Waals surface area contributed by atoms with Crippen molar-refractivity contribution in [3.8, 4) is 0 Å². The fourth-order valence-corrected chi connectivity index (χ4v) is 4.59. The number of rotatable bonds is 5. The van der Waals surface area contributed by atoms with Crippen LogP contribution < -0.4 is 0 Å². The molecule has 2 aliphatic heterocycles. The van der Waals surface area contributed by atoms with Crippen LogP contribution in [0.15, 0.2) is 48.2 Å².